The van der Waals surface area contributed by atoms with Gasteiger partial charge in [0.1, 0.15) is 0 Å². The fourth-order valence-electron chi connectivity index (χ4n) is 11.7. The van der Waals surface area contributed by atoms with Gasteiger partial charge in [0.15, 0.2) is 0 Å². The molecule has 1 spiro atoms. The molecule has 0 aromatic heterocycles. The van der Waals surface area contributed by atoms with Crippen molar-refractivity contribution in [2.75, 3.05) is 4.90 Å². The second-order valence-corrected chi connectivity index (χ2v) is 17.5. The number of anilines is 3. The minimum absolute atomic E-state index is 0.117. The van der Waals surface area contributed by atoms with Crippen LogP contribution in [0, 0.1) is 0 Å². The third-order valence-electron chi connectivity index (χ3n) is 14.2. The van der Waals surface area contributed by atoms with Crippen LogP contribution in [-0.4, -0.2) is 0 Å². The van der Waals surface area contributed by atoms with E-state index >= 15 is 0 Å². The molecule has 5 aliphatic carbocycles. The van der Waals surface area contributed by atoms with E-state index in [0.29, 0.717) is 0 Å². The number of rotatable bonds is 3. The highest BCUT2D eigenvalue weighted by atomic mass is 15.1. The molecule has 7 aromatic rings. The Morgan fingerprint density at radius 3 is 1.52 bits per heavy atom. The minimum Gasteiger partial charge on any atom is -0.310 e. The summed E-state index contributed by atoms with van der Waals surface area (Å²) in [5.41, 5.74) is 25.2. The SMILES string of the molecule is CC1(C)c2ccccc2-c2ccc(N(c3ccc4c(c3)C(C)(C)c3ccccc3-4)c3cccc4c3-c3ccccc3C43C4=C(CCC=C4)c4ccccc43)cc21. The van der Waals surface area contributed by atoms with Gasteiger partial charge >= 0.3 is 0 Å². The van der Waals surface area contributed by atoms with Crippen LogP contribution in [0.2, 0.25) is 0 Å². The van der Waals surface area contributed by atoms with Crippen LogP contribution in [-0.2, 0) is 16.2 Å². The summed E-state index contributed by atoms with van der Waals surface area (Å²) in [7, 11) is 0. The maximum absolute atomic E-state index is 2.58. The van der Waals surface area contributed by atoms with Gasteiger partial charge in [-0.15, -0.1) is 0 Å². The number of nitrogens with zero attached hydrogens (tertiary/aromatic N) is 1. The van der Waals surface area contributed by atoms with Crippen molar-refractivity contribution >= 4 is 22.6 Å². The average molecular weight is 718 g/mol. The average Bonchev–Trinajstić information content (AvgIpc) is 3.87. The van der Waals surface area contributed by atoms with Crippen molar-refractivity contribution in [1.82, 2.24) is 0 Å². The molecular formula is C55H43N. The predicted octanol–water partition coefficient (Wildman–Crippen LogP) is 14.2. The van der Waals surface area contributed by atoms with E-state index in [1.54, 1.807) is 0 Å². The van der Waals surface area contributed by atoms with Crippen molar-refractivity contribution in [3.63, 3.8) is 0 Å². The predicted molar refractivity (Wildman–Crippen MR) is 233 cm³/mol. The van der Waals surface area contributed by atoms with Crippen molar-refractivity contribution in [2.45, 2.75) is 56.8 Å². The first-order valence-corrected chi connectivity index (χ1v) is 20.3. The van der Waals surface area contributed by atoms with Gasteiger partial charge in [0, 0.05) is 27.8 Å². The van der Waals surface area contributed by atoms with Gasteiger partial charge in [-0.25, -0.2) is 0 Å². The van der Waals surface area contributed by atoms with Crippen LogP contribution in [0.4, 0.5) is 17.1 Å². The third-order valence-corrected chi connectivity index (χ3v) is 14.2. The Morgan fingerprint density at radius 1 is 0.429 bits per heavy atom. The molecule has 1 nitrogen and oxygen atoms in total. The first-order valence-electron chi connectivity index (χ1n) is 20.3. The van der Waals surface area contributed by atoms with Crippen molar-refractivity contribution in [3.8, 4) is 33.4 Å². The quantitative estimate of drug-likeness (QED) is 0.176. The summed E-state index contributed by atoms with van der Waals surface area (Å²) in [6.07, 6.45) is 7.02. The zero-order valence-electron chi connectivity index (χ0n) is 32.4. The van der Waals surface area contributed by atoms with E-state index in [2.05, 4.69) is 196 Å². The molecule has 0 amide bonds. The first kappa shape index (κ1) is 32.1. The highest BCUT2D eigenvalue weighted by Gasteiger charge is 2.53. The minimum atomic E-state index is -0.362. The van der Waals surface area contributed by atoms with Crippen LogP contribution < -0.4 is 4.90 Å². The Labute approximate surface area is 330 Å². The largest absolute Gasteiger partial charge is 0.310 e. The molecule has 1 heteroatoms. The second kappa shape index (κ2) is 11.0. The van der Waals surface area contributed by atoms with E-state index in [1.165, 1.54) is 106 Å². The molecule has 268 valence electrons. The lowest BCUT2D eigenvalue weighted by Crippen LogP contribution is -2.27. The Bertz CT molecular complexity index is 2820. The lowest BCUT2D eigenvalue weighted by molar-refractivity contribution is 0.660. The van der Waals surface area contributed by atoms with E-state index < -0.39 is 0 Å². The van der Waals surface area contributed by atoms with E-state index in [-0.39, 0.29) is 16.2 Å². The maximum Gasteiger partial charge on any atom is 0.0722 e. The number of hydrogen-bond donors (Lipinski definition) is 0. The number of hydrogen-bond acceptors (Lipinski definition) is 1. The molecule has 0 aliphatic heterocycles. The molecule has 0 radical (unpaired) electrons. The molecule has 1 unspecified atom stereocenters. The molecule has 0 saturated heterocycles. The Kier molecular flexibility index (Phi) is 6.30. The second-order valence-electron chi connectivity index (χ2n) is 17.5. The maximum atomic E-state index is 2.58. The smallest absolute Gasteiger partial charge is 0.0722 e. The Hall–Kier alpha value is -6.18. The summed E-state index contributed by atoms with van der Waals surface area (Å²) in [5.74, 6) is 0. The fraction of sp³-hybridized carbons (Fsp3) is 0.164. The van der Waals surface area contributed by atoms with Crippen LogP contribution >= 0.6 is 0 Å². The highest BCUT2D eigenvalue weighted by molar-refractivity contribution is 6.02. The number of allylic oxidation sites excluding steroid dienone is 4. The van der Waals surface area contributed by atoms with Crippen LogP contribution in [0.15, 0.2) is 169 Å². The van der Waals surface area contributed by atoms with Gasteiger partial charge < -0.3 is 4.90 Å². The topological polar surface area (TPSA) is 3.24 Å². The molecule has 0 fully saturated rings. The van der Waals surface area contributed by atoms with Crippen LogP contribution in [0.5, 0.6) is 0 Å². The lowest BCUT2D eigenvalue weighted by atomic mass is 9.69. The summed E-state index contributed by atoms with van der Waals surface area (Å²) in [4.78, 5) is 2.58. The van der Waals surface area contributed by atoms with Crippen LogP contribution in [0.25, 0.3) is 39.0 Å². The summed E-state index contributed by atoms with van der Waals surface area (Å²) in [6.45, 7) is 9.56. The molecule has 56 heavy (non-hydrogen) atoms. The third kappa shape index (κ3) is 3.86. The van der Waals surface area contributed by atoms with Gasteiger partial charge in [-0.2, -0.15) is 0 Å². The van der Waals surface area contributed by atoms with Crippen molar-refractivity contribution in [1.29, 1.82) is 0 Å². The molecule has 5 aliphatic rings. The van der Waals surface area contributed by atoms with Crippen LogP contribution in [0.3, 0.4) is 0 Å². The number of fused-ring (bicyclic) bond motifs is 15. The zero-order valence-corrected chi connectivity index (χ0v) is 32.4. The molecule has 12 rings (SSSR count). The first-order chi connectivity index (χ1) is 27.3. The van der Waals surface area contributed by atoms with Crippen molar-refractivity contribution in [3.05, 3.63) is 214 Å². The summed E-state index contributed by atoms with van der Waals surface area (Å²) < 4.78 is 0. The zero-order chi connectivity index (χ0) is 37.6. The molecule has 0 heterocycles. The van der Waals surface area contributed by atoms with Gasteiger partial charge in [-0.05, 0) is 127 Å². The molecule has 7 aromatic carbocycles. The standard InChI is InChI=1S/C55H43N/c1-53(2)43-21-10-5-16-36(43)40-30-28-34(32-49(40)53)56(35-29-31-41-37-17-6-11-22-44(37)54(3,4)50(41)33-35)51-27-15-26-48-52(51)42-20-9-14-25-47(42)55(48)45-23-12-7-18-38(45)39-19-8-13-24-46(39)55/h5-7,9-18,20-33H,8,19H2,1-4H3. The normalized spacial score (nSPS) is 19.1. The molecule has 1 atom stereocenters. The van der Waals surface area contributed by atoms with Gasteiger partial charge in [0.2, 0.25) is 0 Å². The summed E-state index contributed by atoms with van der Waals surface area (Å²) in [6, 6.07) is 58.1. The van der Waals surface area contributed by atoms with E-state index in [9.17, 15) is 0 Å². The Morgan fingerprint density at radius 2 is 0.911 bits per heavy atom. The fourth-order valence-corrected chi connectivity index (χ4v) is 11.7. The van der Waals surface area contributed by atoms with Crippen molar-refractivity contribution in [2.24, 2.45) is 0 Å². The van der Waals surface area contributed by atoms with Gasteiger partial charge in [-0.1, -0.05) is 161 Å². The lowest BCUT2D eigenvalue weighted by Gasteiger charge is -2.33. The monoisotopic (exact) mass is 717 g/mol. The van der Waals surface area contributed by atoms with E-state index in [0.717, 1.165) is 12.8 Å². The van der Waals surface area contributed by atoms with E-state index in [1.807, 2.05) is 0 Å². The van der Waals surface area contributed by atoms with E-state index in [4.69, 9.17) is 0 Å². The highest BCUT2D eigenvalue weighted by Crippen LogP contribution is 2.65. The van der Waals surface area contributed by atoms with Crippen molar-refractivity contribution < 1.29 is 0 Å². The molecule has 0 bridgehead atoms. The molecular weight excluding hydrogens is 675 g/mol. The molecule has 0 N–H and O–H groups in total. The van der Waals surface area contributed by atoms with Gasteiger partial charge in [0.05, 0.1) is 11.1 Å². The summed E-state index contributed by atoms with van der Waals surface area (Å²) >= 11 is 0. The van der Waals surface area contributed by atoms with Crippen LogP contribution in [0.1, 0.15) is 85.0 Å². The summed E-state index contributed by atoms with van der Waals surface area (Å²) in [5, 5.41) is 0. The Balaban J connectivity index is 1.15. The number of benzene rings is 7. The van der Waals surface area contributed by atoms with Gasteiger partial charge in [-0.3, -0.25) is 0 Å². The molecule has 0 saturated carbocycles. The van der Waals surface area contributed by atoms with Gasteiger partial charge in [0.25, 0.3) is 0 Å².